The zero-order chi connectivity index (χ0) is 22.3. The molecule has 0 spiro atoms. The minimum absolute atomic E-state index is 0.0994. The molecule has 2 aromatic rings. The number of halogens is 2. The molecule has 1 N–H and O–H groups in total. The van der Waals surface area contributed by atoms with Crippen LogP contribution in [0.2, 0.25) is 10.0 Å². The Kier molecular flexibility index (Phi) is 8.44. The maximum Gasteiger partial charge on any atom is 0.225 e. The van der Waals surface area contributed by atoms with E-state index in [0.717, 1.165) is 44.3 Å². The molecule has 168 valence electrons. The third-order valence-corrected chi connectivity index (χ3v) is 6.09. The summed E-state index contributed by atoms with van der Waals surface area (Å²) in [5.74, 6) is 1.59. The molecule has 1 aliphatic carbocycles. The van der Waals surface area contributed by atoms with Crippen LogP contribution in [-0.2, 0) is 4.79 Å². The van der Waals surface area contributed by atoms with E-state index in [2.05, 4.69) is 10.3 Å². The highest BCUT2D eigenvalue weighted by atomic mass is 35.5. The smallest absolute Gasteiger partial charge is 0.225 e. The molecule has 0 unspecified atom stereocenters. The molecule has 1 heterocycles. The van der Waals surface area contributed by atoms with Crippen molar-refractivity contribution in [1.82, 2.24) is 10.3 Å². The number of amides is 1. The molecule has 1 aromatic heterocycles. The first-order valence-corrected chi connectivity index (χ1v) is 11.5. The Hall–Kier alpha value is -1.98. The Morgan fingerprint density at radius 2 is 1.77 bits per heavy atom. The Morgan fingerprint density at radius 1 is 1.06 bits per heavy atom. The van der Waals surface area contributed by atoms with Gasteiger partial charge < -0.3 is 14.8 Å². The van der Waals surface area contributed by atoms with Crippen LogP contribution in [0.4, 0.5) is 0 Å². The number of aromatic nitrogens is 1. The van der Waals surface area contributed by atoms with E-state index >= 15 is 0 Å². The highest BCUT2D eigenvalue weighted by molar-refractivity contribution is 6.30. The zero-order valence-corrected chi connectivity index (χ0v) is 19.6. The van der Waals surface area contributed by atoms with E-state index in [0.29, 0.717) is 22.4 Å². The number of carbonyl (C=O) groups excluding carboxylic acids is 1. The van der Waals surface area contributed by atoms with Crippen molar-refractivity contribution in [1.29, 1.82) is 0 Å². The summed E-state index contributed by atoms with van der Waals surface area (Å²) < 4.78 is 11.7. The Morgan fingerprint density at radius 3 is 2.45 bits per heavy atom. The lowest BCUT2D eigenvalue weighted by Crippen LogP contribution is -2.45. The molecule has 0 bridgehead atoms. The van der Waals surface area contributed by atoms with Gasteiger partial charge >= 0.3 is 0 Å². The summed E-state index contributed by atoms with van der Waals surface area (Å²) in [6.07, 6.45) is 8.56. The van der Waals surface area contributed by atoms with Crippen molar-refractivity contribution in [3.8, 4) is 11.5 Å². The number of benzene rings is 1. The molecule has 0 aliphatic heterocycles. The number of hydrogen-bond acceptors (Lipinski definition) is 4. The Balaban J connectivity index is 1.36. The lowest BCUT2D eigenvalue weighted by Gasteiger charge is -2.32. The molecule has 3 rings (SSSR count). The van der Waals surface area contributed by atoms with Crippen molar-refractivity contribution < 1.29 is 14.3 Å². The molecular formula is C24H30Cl2N2O3. The standard InChI is InChI=1S/C24H30Cl2N2O3/c1-24(2,12-3-13-30-20-8-4-17(25)5-9-20)23(29)28-19-6-10-21(11-7-19)31-22-14-18(26)15-27-16-22/h4-5,8-9,14-16,19,21H,3,6-7,10-13H2,1-2H3,(H,28,29)/t19-,21+. The summed E-state index contributed by atoms with van der Waals surface area (Å²) >= 11 is 11.8. The minimum Gasteiger partial charge on any atom is -0.494 e. The first kappa shape index (κ1) is 23.7. The van der Waals surface area contributed by atoms with Crippen LogP contribution in [0.1, 0.15) is 52.4 Å². The molecule has 0 saturated heterocycles. The van der Waals surface area contributed by atoms with Gasteiger partial charge in [0.2, 0.25) is 5.91 Å². The summed E-state index contributed by atoms with van der Waals surface area (Å²) in [6.45, 7) is 4.55. The average Bonchev–Trinajstić information content (AvgIpc) is 2.74. The molecule has 0 atom stereocenters. The highest BCUT2D eigenvalue weighted by Gasteiger charge is 2.31. The average molecular weight is 465 g/mol. The first-order chi connectivity index (χ1) is 14.8. The van der Waals surface area contributed by atoms with Crippen LogP contribution in [0.5, 0.6) is 11.5 Å². The van der Waals surface area contributed by atoms with Crippen molar-refractivity contribution >= 4 is 29.1 Å². The zero-order valence-electron chi connectivity index (χ0n) is 18.1. The van der Waals surface area contributed by atoms with Gasteiger partial charge in [0.25, 0.3) is 0 Å². The summed E-state index contributed by atoms with van der Waals surface area (Å²) in [5, 5.41) is 4.49. The van der Waals surface area contributed by atoms with Crippen molar-refractivity contribution in [3.05, 3.63) is 52.8 Å². The van der Waals surface area contributed by atoms with Gasteiger partial charge in [0, 0.05) is 28.7 Å². The monoisotopic (exact) mass is 464 g/mol. The van der Waals surface area contributed by atoms with E-state index in [-0.39, 0.29) is 18.1 Å². The van der Waals surface area contributed by atoms with Gasteiger partial charge in [-0.3, -0.25) is 9.78 Å². The van der Waals surface area contributed by atoms with Crippen LogP contribution in [0.3, 0.4) is 0 Å². The van der Waals surface area contributed by atoms with E-state index in [1.807, 2.05) is 26.0 Å². The normalized spacial score (nSPS) is 19.0. The molecule has 1 aliphatic rings. The van der Waals surface area contributed by atoms with Crippen molar-refractivity contribution in [2.24, 2.45) is 5.41 Å². The fourth-order valence-corrected chi connectivity index (χ4v) is 3.99. The van der Waals surface area contributed by atoms with E-state index in [1.165, 1.54) is 0 Å². The van der Waals surface area contributed by atoms with E-state index < -0.39 is 5.41 Å². The third-order valence-electron chi connectivity index (χ3n) is 5.64. The third kappa shape index (κ3) is 7.58. The second-order valence-electron chi connectivity index (χ2n) is 8.69. The van der Waals surface area contributed by atoms with Gasteiger partial charge in [0.15, 0.2) is 0 Å². The quantitative estimate of drug-likeness (QED) is 0.456. The van der Waals surface area contributed by atoms with Gasteiger partial charge in [-0.1, -0.05) is 37.0 Å². The number of ether oxygens (including phenoxy) is 2. The van der Waals surface area contributed by atoms with Gasteiger partial charge in [-0.25, -0.2) is 0 Å². The first-order valence-electron chi connectivity index (χ1n) is 10.8. The van der Waals surface area contributed by atoms with Crippen LogP contribution in [0.25, 0.3) is 0 Å². The van der Waals surface area contributed by atoms with Crippen LogP contribution >= 0.6 is 23.2 Å². The fourth-order valence-electron chi connectivity index (χ4n) is 3.70. The summed E-state index contributed by atoms with van der Waals surface area (Å²) in [7, 11) is 0. The molecule has 1 fully saturated rings. The Labute approximate surface area is 194 Å². The lowest BCUT2D eigenvalue weighted by atomic mass is 9.85. The van der Waals surface area contributed by atoms with E-state index in [1.54, 1.807) is 30.6 Å². The van der Waals surface area contributed by atoms with Gasteiger partial charge in [-0.15, -0.1) is 0 Å². The summed E-state index contributed by atoms with van der Waals surface area (Å²) in [5.41, 5.74) is -0.441. The minimum atomic E-state index is -0.441. The highest BCUT2D eigenvalue weighted by Crippen LogP contribution is 2.27. The number of nitrogens with one attached hydrogen (secondary N) is 1. The fraction of sp³-hybridized carbons (Fsp3) is 0.500. The van der Waals surface area contributed by atoms with Crippen LogP contribution in [0, 0.1) is 5.41 Å². The molecule has 7 heteroatoms. The van der Waals surface area contributed by atoms with Crippen LogP contribution < -0.4 is 14.8 Å². The summed E-state index contributed by atoms with van der Waals surface area (Å²) in [6, 6.07) is 9.28. The largest absolute Gasteiger partial charge is 0.494 e. The second kappa shape index (κ2) is 11.1. The molecule has 1 amide bonds. The SMILES string of the molecule is CC(C)(CCCOc1ccc(Cl)cc1)C(=O)N[C@H]1CC[C@@H](Oc2cncc(Cl)c2)CC1. The number of carbonyl (C=O) groups is 1. The number of hydrogen-bond donors (Lipinski definition) is 1. The second-order valence-corrected chi connectivity index (χ2v) is 9.57. The maximum absolute atomic E-state index is 12.8. The molecular weight excluding hydrogens is 435 g/mol. The Bertz CT molecular complexity index is 850. The van der Waals surface area contributed by atoms with Gasteiger partial charge in [0.05, 0.1) is 23.9 Å². The van der Waals surface area contributed by atoms with E-state index in [9.17, 15) is 4.79 Å². The number of pyridine rings is 1. The number of nitrogens with zero attached hydrogens (tertiary/aromatic N) is 1. The predicted molar refractivity (Wildman–Crippen MR) is 124 cm³/mol. The van der Waals surface area contributed by atoms with E-state index in [4.69, 9.17) is 32.7 Å². The molecule has 1 aromatic carbocycles. The molecule has 31 heavy (non-hydrogen) atoms. The van der Waals surface area contributed by atoms with Gasteiger partial charge in [-0.05, 0) is 62.8 Å². The van der Waals surface area contributed by atoms with Crippen LogP contribution in [0.15, 0.2) is 42.7 Å². The van der Waals surface area contributed by atoms with Crippen molar-refractivity contribution in [2.75, 3.05) is 6.61 Å². The van der Waals surface area contributed by atoms with Crippen molar-refractivity contribution in [2.45, 2.75) is 64.5 Å². The topological polar surface area (TPSA) is 60.5 Å². The van der Waals surface area contributed by atoms with Gasteiger partial charge in [-0.2, -0.15) is 0 Å². The predicted octanol–water partition coefficient (Wildman–Crippen LogP) is 6.08. The van der Waals surface area contributed by atoms with Crippen LogP contribution in [-0.4, -0.2) is 29.6 Å². The lowest BCUT2D eigenvalue weighted by molar-refractivity contribution is -0.130. The maximum atomic E-state index is 12.8. The summed E-state index contributed by atoms with van der Waals surface area (Å²) in [4.78, 5) is 16.9. The van der Waals surface area contributed by atoms with Crippen molar-refractivity contribution in [3.63, 3.8) is 0 Å². The van der Waals surface area contributed by atoms with Gasteiger partial charge in [0.1, 0.15) is 11.5 Å². The molecule has 5 nitrogen and oxygen atoms in total. The molecule has 1 saturated carbocycles. The number of rotatable bonds is 9. The molecule has 0 radical (unpaired) electrons.